The first-order valence-corrected chi connectivity index (χ1v) is 8.42. The molecule has 20 heavy (non-hydrogen) atoms. The fourth-order valence-corrected chi connectivity index (χ4v) is 3.65. The lowest BCUT2D eigenvalue weighted by molar-refractivity contribution is 0.206. The molecule has 0 radical (unpaired) electrons. The molecule has 2 nitrogen and oxygen atoms in total. The van der Waals surface area contributed by atoms with E-state index in [1.807, 2.05) is 12.1 Å². The molecular weight excluding hydrogens is 312 g/mol. The van der Waals surface area contributed by atoms with Gasteiger partial charge in [0.05, 0.1) is 0 Å². The summed E-state index contributed by atoms with van der Waals surface area (Å²) in [7, 11) is 0. The number of rotatable bonds is 2. The molecule has 1 saturated heterocycles. The Morgan fingerprint density at radius 3 is 2.65 bits per heavy atom. The third kappa shape index (κ3) is 3.98. The van der Waals surface area contributed by atoms with Gasteiger partial charge in [-0.1, -0.05) is 42.8 Å². The van der Waals surface area contributed by atoms with Gasteiger partial charge in [-0.25, -0.2) is 0 Å². The van der Waals surface area contributed by atoms with Crippen LogP contribution in [0.1, 0.15) is 45.6 Å². The van der Waals surface area contributed by atoms with E-state index in [2.05, 4.69) is 47.7 Å². The first kappa shape index (κ1) is 15.8. The molecule has 0 spiro atoms. The normalized spacial score (nSPS) is 21.7. The number of benzene rings is 1. The molecule has 0 aliphatic carbocycles. The van der Waals surface area contributed by atoms with Crippen LogP contribution in [-0.4, -0.2) is 18.0 Å². The minimum Gasteiger partial charge on any atom is -0.398 e. The lowest BCUT2D eigenvalue weighted by Crippen LogP contribution is -2.26. The smallest absolute Gasteiger partial charge is 0.0371 e. The lowest BCUT2D eigenvalue weighted by atomic mass is 9.77. The van der Waals surface area contributed by atoms with Gasteiger partial charge in [0.15, 0.2) is 0 Å². The van der Waals surface area contributed by atoms with E-state index in [1.54, 1.807) is 0 Å². The Balaban J connectivity index is 2.01. The highest BCUT2D eigenvalue weighted by atomic mass is 79.9. The maximum Gasteiger partial charge on any atom is 0.0371 e. The van der Waals surface area contributed by atoms with Gasteiger partial charge in [0.25, 0.3) is 0 Å². The maximum absolute atomic E-state index is 6.12. The number of hydrogen-bond acceptors (Lipinski definition) is 2. The summed E-state index contributed by atoms with van der Waals surface area (Å²) in [5, 5.41) is 0. The second-order valence-electron chi connectivity index (χ2n) is 7.08. The highest BCUT2D eigenvalue weighted by Crippen LogP contribution is 2.35. The van der Waals surface area contributed by atoms with Crippen LogP contribution in [0.15, 0.2) is 22.7 Å². The summed E-state index contributed by atoms with van der Waals surface area (Å²) in [5.41, 5.74) is 8.69. The van der Waals surface area contributed by atoms with Gasteiger partial charge in [0.2, 0.25) is 0 Å². The van der Waals surface area contributed by atoms with Crippen LogP contribution in [0, 0.1) is 11.3 Å². The fourth-order valence-electron chi connectivity index (χ4n) is 3.15. The van der Waals surface area contributed by atoms with Gasteiger partial charge in [-0.15, -0.1) is 0 Å². The van der Waals surface area contributed by atoms with E-state index < -0.39 is 0 Å². The molecular formula is C17H27BrN2. The number of anilines is 1. The Morgan fingerprint density at radius 2 is 2.00 bits per heavy atom. The first-order valence-electron chi connectivity index (χ1n) is 7.63. The number of hydrogen-bond donors (Lipinski definition) is 1. The summed E-state index contributed by atoms with van der Waals surface area (Å²) in [4.78, 5) is 2.56. The van der Waals surface area contributed by atoms with E-state index in [1.165, 1.54) is 37.9 Å². The maximum atomic E-state index is 6.12. The molecule has 3 heteroatoms. The van der Waals surface area contributed by atoms with E-state index in [4.69, 9.17) is 5.73 Å². The van der Waals surface area contributed by atoms with Crippen molar-refractivity contribution >= 4 is 21.6 Å². The summed E-state index contributed by atoms with van der Waals surface area (Å²) in [6.07, 6.45) is 3.95. The van der Waals surface area contributed by atoms with Crippen LogP contribution in [0.4, 0.5) is 5.69 Å². The Kier molecular flexibility index (Phi) is 5.14. The molecule has 1 aromatic rings. The first-order chi connectivity index (χ1) is 9.38. The Hall–Kier alpha value is -0.540. The highest BCUT2D eigenvalue weighted by molar-refractivity contribution is 9.10. The monoisotopic (exact) mass is 338 g/mol. The lowest BCUT2D eigenvalue weighted by Gasteiger charge is -2.30. The topological polar surface area (TPSA) is 29.3 Å². The summed E-state index contributed by atoms with van der Waals surface area (Å²) >= 11 is 3.63. The molecule has 2 rings (SSSR count). The van der Waals surface area contributed by atoms with Crippen LogP contribution in [0.25, 0.3) is 0 Å². The summed E-state index contributed by atoms with van der Waals surface area (Å²) < 4.78 is 1.13. The van der Waals surface area contributed by atoms with Crippen LogP contribution >= 0.6 is 15.9 Å². The van der Waals surface area contributed by atoms with Crippen LogP contribution in [0.3, 0.4) is 0 Å². The average molecular weight is 339 g/mol. The van der Waals surface area contributed by atoms with Crippen molar-refractivity contribution in [2.24, 2.45) is 11.3 Å². The van der Waals surface area contributed by atoms with E-state index in [0.717, 1.165) is 22.6 Å². The zero-order valence-electron chi connectivity index (χ0n) is 13.0. The van der Waals surface area contributed by atoms with Gasteiger partial charge in [-0.3, -0.25) is 4.90 Å². The van der Waals surface area contributed by atoms with Crippen molar-refractivity contribution in [1.29, 1.82) is 0 Å². The van der Waals surface area contributed by atoms with Crippen LogP contribution in [0.5, 0.6) is 0 Å². The molecule has 1 fully saturated rings. The summed E-state index contributed by atoms with van der Waals surface area (Å²) in [5.74, 6) is 0.837. The van der Waals surface area contributed by atoms with Gasteiger partial charge in [0.1, 0.15) is 0 Å². The van der Waals surface area contributed by atoms with Gasteiger partial charge in [-0.2, -0.15) is 0 Å². The molecule has 1 unspecified atom stereocenters. The van der Waals surface area contributed by atoms with E-state index in [9.17, 15) is 0 Å². The van der Waals surface area contributed by atoms with Crippen molar-refractivity contribution in [1.82, 2.24) is 4.90 Å². The van der Waals surface area contributed by atoms with Crippen LogP contribution < -0.4 is 5.73 Å². The predicted molar refractivity (Wildman–Crippen MR) is 90.6 cm³/mol. The fraction of sp³-hybridized carbons (Fsp3) is 0.647. The molecule has 1 aliphatic rings. The van der Waals surface area contributed by atoms with E-state index in [0.29, 0.717) is 5.41 Å². The number of nitrogen functional groups attached to an aromatic ring is 1. The quantitative estimate of drug-likeness (QED) is 0.793. The third-order valence-electron chi connectivity index (χ3n) is 4.58. The van der Waals surface area contributed by atoms with E-state index in [-0.39, 0.29) is 0 Å². The molecule has 1 aromatic carbocycles. The SMILES string of the molecule is CC(C)(C)C1CCCN(Cc2c(N)cccc2Br)CC1. The second-order valence-corrected chi connectivity index (χ2v) is 7.93. The van der Waals surface area contributed by atoms with Crippen molar-refractivity contribution in [2.75, 3.05) is 18.8 Å². The van der Waals surface area contributed by atoms with Crippen molar-refractivity contribution in [3.8, 4) is 0 Å². The van der Waals surface area contributed by atoms with E-state index >= 15 is 0 Å². The van der Waals surface area contributed by atoms with Gasteiger partial charge in [0, 0.05) is 22.3 Å². The molecule has 1 atom stereocenters. The zero-order chi connectivity index (χ0) is 14.8. The number of likely N-dealkylation sites (tertiary alicyclic amines) is 1. The second kappa shape index (κ2) is 6.48. The number of nitrogens with two attached hydrogens (primary N) is 1. The average Bonchev–Trinajstić information content (AvgIpc) is 2.59. The molecule has 0 saturated carbocycles. The molecule has 0 aromatic heterocycles. The molecule has 0 amide bonds. The van der Waals surface area contributed by atoms with Gasteiger partial charge in [-0.05, 0) is 55.8 Å². The molecule has 1 heterocycles. The molecule has 2 N–H and O–H groups in total. The minimum atomic E-state index is 0.433. The van der Waals surface area contributed by atoms with Gasteiger partial charge < -0.3 is 5.73 Å². The largest absolute Gasteiger partial charge is 0.398 e. The Morgan fingerprint density at radius 1 is 1.25 bits per heavy atom. The summed E-state index contributed by atoms with van der Waals surface area (Å²) in [6.45, 7) is 10.5. The molecule has 112 valence electrons. The predicted octanol–water partition coefficient (Wildman–Crippen LogP) is 4.68. The van der Waals surface area contributed by atoms with Crippen molar-refractivity contribution in [2.45, 2.75) is 46.6 Å². The molecule has 0 bridgehead atoms. The van der Waals surface area contributed by atoms with Crippen molar-refractivity contribution in [3.05, 3.63) is 28.2 Å². The van der Waals surface area contributed by atoms with Crippen molar-refractivity contribution < 1.29 is 0 Å². The minimum absolute atomic E-state index is 0.433. The Labute approximate surface area is 131 Å². The Bertz CT molecular complexity index is 431. The third-order valence-corrected chi connectivity index (χ3v) is 5.33. The highest BCUT2D eigenvalue weighted by Gasteiger charge is 2.27. The summed E-state index contributed by atoms with van der Waals surface area (Å²) in [6, 6.07) is 6.08. The van der Waals surface area contributed by atoms with Crippen LogP contribution in [-0.2, 0) is 6.54 Å². The van der Waals surface area contributed by atoms with Crippen LogP contribution in [0.2, 0.25) is 0 Å². The molecule has 1 aliphatic heterocycles. The standard InChI is InChI=1S/C17H27BrN2/c1-17(2,3)13-6-5-10-20(11-9-13)12-14-15(18)7-4-8-16(14)19/h4,7-8,13H,5-6,9-12,19H2,1-3H3. The van der Waals surface area contributed by atoms with Gasteiger partial charge >= 0.3 is 0 Å². The number of halogens is 1. The zero-order valence-corrected chi connectivity index (χ0v) is 14.5. The van der Waals surface area contributed by atoms with Crippen molar-refractivity contribution in [3.63, 3.8) is 0 Å². The number of nitrogens with zero attached hydrogens (tertiary/aromatic N) is 1.